The molecule has 8 heteroatoms. The Kier molecular flexibility index (Phi) is 5.43. The first-order valence-electron chi connectivity index (χ1n) is 8.97. The highest BCUT2D eigenvalue weighted by atomic mass is 32.2. The van der Waals surface area contributed by atoms with E-state index < -0.39 is 0 Å². The molecule has 0 radical (unpaired) electrons. The summed E-state index contributed by atoms with van der Waals surface area (Å²) in [6.45, 7) is 2.39. The Balaban J connectivity index is 1.26. The number of nitrogens with zero attached hydrogens (tertiary/aromatic N) is 3. The van der Waals surface area contributed by atoms with Crippen molar-refractivity contribution in [3.05, 3.63) is 59.8 Å². The first-order chi connectivity index (χ1) is 13.3. The third-order valence-electron chi connectivity index (χ3n) is 4.50. The van der Waals surface area contributed by atoms with Gasteiger partial charge in [0.25, 0.3) is 5.91 Å². The van der Waals surface area contributed by atoms with E-state index in [4.69, 9.17) is 4.42 Å². The van der Waals surface area contributed by atoms with Gasteiger partial charge in [-0.3, -0.25) is 9.89 Å². The number of carbonyl (C=O) groups is 1. The minimum absolute atomic E-state index is 0.184. The molecule has 3 heterocycles. The number of carbonyl (C=O) groups excluding carboxylic acids is 1. The van der Waals surface area contributed by atoms with Gasteiger partial charge in [-0.2, -0.15) is 5.10 Å². The van der Waals surface area contributed by atoms with Gasteiger partial charge < -0.3 is 14.6 Å². The second-order valence-corrected chi connectivity index (χ2v) is 7.28. The Hall–Kier alpha value is -2.74. The number of benzene rings is 1. The van der Waals surface area contributed by atoms with Crippen LogP contribution in [0.15, 0.2) is 52.3 Å². The second-order valence-electron chi connectivity index (χ2n) is 6.32. The highest BCUT2D eigenvalue weighted by Crippen LogP contribution is 2.26. The third kappa shape index (κ3) is 4.33. The minimum atomic E-state index is -0.184. The first kappa shape index (κ1) is 17.7. The average molecular weight is 383 g/mol. The quantitative estimate of drug-likeness (QED) is 0.610. The summed E-state index contributed by atoms with van der Waals surface area (Å²) < 4.78 is 5.63. The Morgan fingerprint density at radius 3 is 3.11 bits per heavy atom. The summed E-state index contributed by atoms with van der Waals surface area (Å²) in [5.41, 5.74) is 2.66. The van der Waals surface area contributed by atoms with Gasteiger partial charge in [0.05, 0.1) is 5.75 Å². The van der Waals surface area contributed by atoms with E-state index in [1.165, 1.54) is 29.3 Å². The first-order valence-corrected chi connectivity index (χ1v) is 9.96. The number of hydrogen-bond donors (Lipinski definition) is 2. The molecule has 0 saturated heterocycles. The summed E-state index contributed by atoms with van der Waals surface area (Å²) in [6.07, 6.45) is 3.74. The van der Waals surface area contributed by atoms with Gasteiger partial charge in [0.1, 0.15) is 12.1 Å². The number of fused-ring (bicyclic) bond motifs is 1. The van der Waals surface area contributed by atoms with Crippen LogP contribution in [0.4, 0.5) is 5.69 Å². The highest BCUT2D eigenvalue weighted by Gasteiger charge is 2.17. The number of nitrogens with one attached hydrogen (secondary N) is 2. The van der Waals surface area contributed by atoms with Gasteiger partial charge in [-0.15, -0.1) is 0 Å². The van der Waals surface area contributed by atoms with Crippen LogP contribution in [0.3, 0.4) is 0 Å². The van der Waals surface area contributed by atoms with E-state index in [0.717, 1.165) is 36.8 Å². The van der Waals surface area contributed by atoms with Crippen molar-refractivity contribution in [1.82, 2.24) is 20.5 Å². The number of hydrogen-bond acceptors (Lipinski definition) is 6. The molecule has 0 aliphatic carbocycles. The monoisotopic (exact) mass is 383 g/mol. The number of para-hydroxylation sites is 1. The predicted octanol–water partition coefficient (Wildman–Crippen LogP) is 2.87. The van der Waals surface area contributed by atoms with Crippen molar-refractivity contribution < 1.29 is 9.21 Å². The molecule has 0 spiro atoms. The number of anilines is 1. The van der Waals surface area contributed by atoms with Crippen LogP contribution in [0.5, 0.6) is 0 Å². The molecule has 1 aromatic carbocycles. The normalized spacial score (nSPS) is 13.4. The Labute approximate surface area is 161 Å². The van der Waals surface area contributed by atoms with Gasteiger partial charge >= 0.3 is 0 Å². The number of aromatic amines is 1. The summed E-state index contributed by atoms with van der Waals surface area (Å²) in [5, 5.41) is 10.2. The van der Waals surface area contributed by atoms with E-state index in [-0.39, 0.29) is 5.91 Å². The molecule has 27 heavy (non-hydrogen) atoms. The van der Waals surface area contributed by atoms with Crippen molar-refractivity contribution in [2.45, 2.75) is 23.8 Å². The minimum Gasteiger partial charge on any atom is -0.455 e. The fraction of sp³-hybridized carbons (Fsp3) is 0.316. The number of furan rings is 1. The van der Waals surface area contributed by atoms with Crippen molar-refractivity contribution in [1.29, 1.82) is 0 Å². The van der Waals surface area contributed by atoms with Crippen LogP contribution in [-0.2, 0) is 12.2 Å². The Morgan fingerprint density at radius 2 is 2.22 bits per heavy atom. The molecule has 2 aromatic heterocycles. The molecule has 4 rings (SSSR count). The van der Waals surface area contributed by atoms with Crippen LogP contribution in [0.25, 0.3) is 0 Å². The molecule has 1 aliphatic rings. The van der Waals surface area contributed by atoms with Crippen molar-refractivity contribution in [3.8, 4) is 0 Å². The van der Waals surface area contributed by atoms with Crippen molar-refractivity contribution in [2.24, 2.45) is 0 Å². The summed E-state index contributed by atoms with van der Waals surface area (Å²) >= 11 is 1.47. The maximum Gasteiger partial charge on any atom is 0.287 e. The number of H-pyrrole nitrogens is 1. The molecule has 0 unspecified atom stereocenters. The SMILES string of the molecule is O=C(NCCN1CCCc2ccccc21)c1ccc(CSc2ncn[nH]2)o1. The average Bonchev–Trinajstić information content (AvgIpc) is 3.38. The molecule has 7 nitrogen and oxygen atoms in total. The highest BCUT2D eigenvalue weighted by molar-refractivity contribution is 7.98. The van der Waals surface area contributed by atoms with Crippen LogP contribution in [0.2, 0.25) is 0 Å². The van der Waals surface area contributed by atoms with Crippen LogP contribution < -0.4 is 10.2 Å². The number of rotatable bonds is 7. The summed E-state index contributed by atoms with van der Waals surface area (Å²) in [6, 6.07) is 12.0. The molecule has 1 aliphatic heterocycles. The van der Waals surface area contributed by atoms with Gasteiger partial charge in [0.15, 0.2) is 10.9 Å². The van der Waals surface area contributed by atoms with Crippen LogP contribution in [0, 0.1) is 0 Å². The van der Waals surface area contributed by atoms with Crippen LogP contribution >= 0.6 is 11.8 Å². The summed E-state index contributed by atoms with van der Waals surface area (Å²) in [5.74, 6) is 1.47. The number of aromatic nitrogens is 3. The lowest BCUT2D eigenvalue weighted by atomic mass is 10.0. The third-order valence-corrected chi connectivity index (χ3v) is 5.40. The van der Waals surface area contributed by atoms with Gasteiger partial charge in [-0.1, -0.05) is 30.0 Å². The number of aryl methyl sites for hydroxylation is 1. The maximum atomic E-state index is 12.3. The largest absolute Gasteiger partial charge is 0.455 e. The van der Waals surface area contributed by atoms with Crippen molar-refractivity contribution >= 4 is 23.4 Å². The van der Waals surface area contributed by atoms with Gasteiger partial charge in [0, 0.05) is 25.3 Å². The Bertz CT molecular complexity index is 893. The smallest absolute Gasteiger partial charge is 0.287 e. The number of amides is 1. The van der Waals surface area contributed by atoms with E-state index in [2.05, 4.69) is 49.7 Å². The predicted molar refractivity (Wildman–Crippen MR) is 104 cm³/mol. The summed E-state index contributed by atoms with van der Waals surface area (Å²) in [4.78, 5) is 18.7. The zero-order valence-electron chi connectivity index (χ0n) is 14.9. The summed E-state index contributed by atoms with van der Waals surface area (Å²) in [7, 11) is 0. The van der Waals surface area contributed by atoms with Crippen molar-refractivity contribution in [3.63, 3.8) is 0 Å². The molecule has 3 aromatic rings. The molecule has 0 fully saturated rings. The lowest BCUT2D eigenvalue weighted by Crippen LogP contribution is -2.37. The molecule has 140 valence electrons. The van der Waals surface area contributed by atoms with Crippen molar-refractivity contribution in [2.75, 3.05) is 24.5 Å². The fourth-order valence-corrected chi connectivity index (χ4v) is 3.89. The standard InChI is InChI=1S/C19H21N5O2S/c25-18(17-8-7-15(26-17)12-27-19-21-13-22-23-19)20-9-11-24-10-3-5-14-4-1-2-6-16(14)24/h1-2,4,6-8,13H,3,5,9-12H2,(H,20,25)(H,21,22,23). The van der Waals surface area contributed by atoms with Crippen LogP contribution in [-0.4, -0.2) is 40.7 Å². The lowest BCUT2D eigenvalue weighted by molar-refractivity contribution is 0.0925. The molecular formula is C19H21N5O2S. The van der Waals surface area contributed by atoms with Gasteiger partial charge in [-0.25, -0.2) is 4.98 Å². The fourth-order valence-electron chi connectivity index (χ4n) is 3.22. The van der Waals surface area contributed by atoms with E-state index in [0.29, 0.717) is 18.1 Å². The lowest BCUT2D eigenvalue weighted by Gasteiger charge is -2.31. The number of thioether (sulfide) groups is 1. The maximum absolute atomic E-state index is 12.3. The molecule has 1 amide bonds. The van der Waals surface area contributed by atoms with E-state index in [1.54, 1.807) is 6.07 Å². The van der Waals surface area contributed by atoms with Gasteiger partial charge in [-0.05, 0) is 36.6 Å². The zero-order valence-corrected chi connectivity index (χ0v) is 15.7. The van der Waals surface area contributed by atoms with E-state index >= 15 is 0 Å². The molecule has 2 N–H and O–H groups in total. The zero-order chi connectivity index (χ0) is 18.5. The van der Waals surface area contributed by atoms with E-state index in [1.807, 2.05) is 6.07 Å². The molecule has 0 bridgehead atoms. The molecule has 0 atom stereocenters. The Morgan fingerprint density at radius 1 is 1.30 bits per heavy atom. The molecular weight excluding hydrogens is 362 g/mol. The van der Waals surface area contributed by atoms with E-state index in [9.17, 15) is 4.79 Å². The van der Waals surface area contributed by atoms with Crippen LogP contribution in [0.1, 0.15) is 28.3 Å². The topological polar surface area (TPSA) is 87.0 Å². The van der Waals surface area contributed by atoms with Gasteiger partial charge in [0.2, 0.25) is 0 Å². The molecule has 0 saturated carbocycles. The second kappa shape index (κ2) is 8.30.